The number of aryl methyl sites for hydroxylation is 1. The molecule has 0 atom stereocenters. The summed E-state index contributed by atoms with van der Waals surface area (Å²) in [6.45, 7) is 1.90. The summed E-state index contributed by atoms with van der Waals surface area (Å²) in [4.78, 5) is 32.8. The molecule has 7 nitrogen and oxygen atoms in total. The quantitative estimate of drug-likeness (QED) is 0.534. The van der Waals surface area contributed by atoms with Gasteiger partial charge in [0.05, 0.1) is 16.9 Å². The van der Waals surface area contributed by atoms with Crippen molar-refractivity contribution in [2.75, 3.05) is 5.48 Å². The molecule has 1 amide bonds. The zero-order valence-electron chi connectivity index (χ0n) is 14.5. The van der Waals surface area contributed by atoms with E-state index in [1.807, 2.05) is 13.0 Å². The molecule has 1 heterocycles. The van der Waals surface area contributed by atoms with E-state index in [2.05, 4.69) is 20.7 Å². The first-order valence-electron chi connectivity index (χ1n) is 8.13. The molecule has 0 aliphatic heterocycles. The Morgan fingerprint density at radius 2 is 1.81 bits per heavy atom. The number of carbonyl (C=O) groups is 2. The molecule has 1 N–H and O–H groups in total. The first-order chi connectivity index (χ1) is 13.1. The van der Waals surface area contributed by atoms with Crippen molar-refractivity contribution >= 4 is 23.3 Å². The van der Waals surface area contributed by atoms with Crippen LogP contribution in [0.4, 0.5) is 11.4 Å². The third kappa shape index (κ3) is 5.05. The standard InChI is InChI=1S/C20H16N4O3/c1-14-5-4-6-15(13-14)20(26)27-24-17-10-8-16(9-11-17)22-23-19(25)18-7-2-3-12-21-18/h2-13,24H,1H3. The van der Waals surface area contributed by atoms with E-state index in [-0.39, 0.29) is 5.69 Å². The molecule has 0 aliphatic rings. The van der Waals surface area contributed by atoms with Crippen LogP contribution >= 0.6 is 0 Å². The highest BCUT2D eigenvalue weighted by Gasteiger charge is 2.07. The number of benzene rings is 2. The van der Waals surface area contributed by atoms with Gasteiger partial charge in [-0.15, -0.1) is 10.2 Å². The van der Waals surface area contributed by atoms with Crippen molar-refractivity contribution in [1.82, 2.24) is 4.98 Å². The van der Waals surface area contributed by atoms with E-state index < -0.39 is 11.9 Å². The highest BCUT2D eigenvalue weighted by molar-refractivity contribution is 5.92. The molecule has 0 radical (unpaired) electrons. The lowest BCUT2D eigenvalue weighted by Gasteiger charge is -2.07. The lowest BCUT2D eigenvalue weighted by atomic mass is 10.1. The van der Waals surface area contributed by atoms with Gasteiger partial charge in [-0.05, 0) is 55.5 Å². The van der Waals surface area contributed by atoms with Crippen LogP contribution in [0.2, 0.25) is 0 Å². The minimum absolute atomic E-state index is 0.225. The third-order valence-electron chi connectivity index (χ3n) is 3.52. The molecule has 0 aliphatic carbocycles. The zero-order chi connectivity index (χ0) is 19.1. The number of azo groups is 1. The molecular weight excluding hydrogens is 344 g/mol. The van der Waals surface area contributed by atoms with Gasteiger partial charge in [0.1, 0.15) is 5.69 Å². The van der Waals surface area contributed by atoms with Gasteiger partial charge in [-0.1, -0.05) is 23.8 Å². The van der Waals surface area contributed by atoms with Gasteiger partial charge in [-0.3, -0.25) is 9.78 Å². The number of aromatic nitrogens is 1. The summed E-state index contributed by atoms with van der Waals surface area (Å²) in [6, 6.07) is 18.7. The normalized spacial score (nSPS) is 10.6. The molecule has 2 aromatic carbocycles. The van der Waals surface area contributed by atoms with Crippen molar-refractivity contribution < 1.29 is 14.4 Å². The predicted molar refractivity (Wildman–Crippen MR) is 99.7 cm³/mol. The van der Waals surface area contributed by atoms with Crippen molar-refractivity contribution in [1.29, 1.82) is 0 Å². The van der Waals surface area contributed by atoms with Crippen LogP contribution in [-0.2, 0) is 4.84 Å². The van der Waals surface area contributed by atoms with E-state index in [0.717, 1.165) is 5.56 Å². The third-order valence-corrected chi connectivity index (χ3v) is 3.52. The Balaban J connectivity index is 1.56. The maximum absolute atomic E-state index is 12.0. The average molecular weight is 360 g/mol. The summed E-state index contributed by atoms with van der Waals surface area (Å²) in [5.74, 6) is -1.01. The lowest BCUT2D eigenvalue weighted by molar-refractivity contribution is 0.0596. The topological polar surface area (TPSA) is 93.0 Å². The number of pyridine rings is 1. The van der Waals surface area contributed by atoms with Gasteiger partial charge in [-0.2, -0.15) is 0 Å². The fourth-order valence-electron chi connectivity index (χ4n) is 2.18. The van der Waals surface area contributed by atoms with Crippen LogP contribution in [0.3, 0.4) is 0 Å². The Hall–Kier alpha value is -3.87. The smallest absolute Gasteiger partial charge is 0.338 e. The second kappa shape index (κ2) is 8.48. The number of rotatable bonds is 5. The zero-order valence-corrected chi connectivity index (χ0v) is 14.5. The van der Waals surface area contributed by atoms with E-state index in [4.69, 9.17) is 4.84 Å². The maximum Gasteiger partial charge on any atom is 0.362 e. The monoisotopic (exact) mass is 360 g/mol. The molecule has 27 heavy (non-hydrogen) atoms. The van der Waals surface area contributed by atoms with E-state index in [1.54, 1.807) is 60.7 Å². The minimum Gasteiger partial charge on any atom is -0.338 e. The van der Waals surface area contributed by atoms with E-state index in [9.17, 15) is 9.59 Å². The average Bonchev–Trinajstić information content (AvgIpc) is 2.71. The summed E-state index contributed by atoms with van der Waals surface area (Å²) >= 11 is 0. The maximum atomic E-state index is 12.0. The van der Waals surface area contributed by atoms with Gasteiger partial charge in [-0.25, -0.2) is 10.3 Å². The number of amides is 1. The van der Waals surface area contributed by atoms with E-state index >= 15 is 0 Å². The van der Waals surface area contributed by atoms with Gasteiger partial charge in [0.15, 0.2) is 0 Å². The number of hydrogen-bond donors (Lipinski definition) is 1. The van der Waals surface area contributed by atoms with Gasteiger partial charge >= 0.3 is 11.9 Å². The Morgan fingerprint density at radius 1 is 1.00 bits per heavy atom. The predicted octanol–water partition coefficient (Wildman–Crippen LogP) is 4.50. The fourth-order valence-corrected chi connectivity index (χ4v) is 2.18. The van der Waals surface area contributed by atoms with Crippen molar-refractivity contribution in [3.05, 3.63) is 89.7 Å². The van der Waals surface area contributed by atoms with Gasteiger partial charge in [0.25, 0.3) is 0 Å². The summed E-state index contributed by atoms with van der Waals surface area (Å²) in [5, 5.41) is 7.51. The second-order valence-electron chi connectivity index (χ2n) is 5.63. The number of nitrogens with one attached hydrogen (secondary N) is 1. The summed E-state index contributed by atoms with van der Waals surface area (Å²) in [5.41, 5.74) is 5.28. The molecule has 0 saturated carbocycles. The van der Waals surface area contributed by atoms with Crippen molar-refractivity contribution in [2.45, 2.75) is 6.92 Å². The Labute approximate surface area is 155 Å². The number of carbonyl (C=O) groups excluding carboxylic acids is 2. The Kier molecular flexibility index (Phi) is 5.64. The van der Waals surface area contributed by atoms with Crippen molar-refractivity contribution in [2.24, 2.45) is 10.2 Å². The molecule has 1 aromatic heterocycles. The highest BCUT2D eigenvalue weighted by Crippen LogP contribution is 2.17. The second-order valence-corrected chi connectivity index (χ2v) is 5.63. The molecule has 134 valence electrons. The first-order valence-corrected chi connectivity index (χ1v) is 8.13. The summed E-state index contributed by atoms with van der Waals surface area (Å²) in [7, 11) is 0. The summed E-state index contributed by atoms with van der Waals surface area (Å²) in [6.07, 6.45) is 1.52. The molecule has 3 aromatic rings. The number of nitrogens with zero attached hydrogens (tertiary/aromatic N) is 3. The molecule has 0 spiro atoms. The van der Waals surface area contributed by atoms with Crippen LogP contribution in [-0.4, -0.2) is 16.9 Å². The van der Waals surface area contributed by atoms with Gasteiger partial charge in [0, 0.05) is 6.20 Å². The molecule has 0 unspecified atom stereocenters. The van der Waals surface area contributed by atoms with E-state index in [0.29, 0.717) is 16.9 Å². The first kappa shape index (κ1) is 17.9. The van der Waals surface area contributed by atoms with Gasteiger partial charge in [0.2, 0.25) is 0 Å². The van der Waals surface area contributed by atoms with Crippen LogP contribution in [0.15, 0.2) is 83.2 Å². The molecule has 0 bridgehead atoms. The fraction of sp³-hybridized carbons (Fsp3) is 0.0500. The number of hydrogen-bond acceptors (Lipinski definition) is 6. The molecule has 7 heteroatoms. The lowest BCUT2D eigenvalue weighted by Crippen LogP contribution is -2.10. The highest BCUT2D eigenvalue weighted by atomic mass is 16.7. The SMILES string of the molecule is Cc1cccc(C(=O)ONc2ccc(N=NC(=O)c3ccccn3)cc2)c1. The summed E-state index contributed by atoms with van der Waals surface area (Å²) < 4.78 is 0. The van der Waals surface area contributed by atoms with Crippen LogP contribution in [0.5, 0.6) is 0 Å². The largest absolute Gasteiger partial charge is 0.362 e. The molecule has 0 saturated heterocycles. The Bertz CT molecular complexity index is 970. The van der Waals surface area contributed by atoms with Crippen molar-refractivity contribution in [3.63, 3.8) is 0 Å². The van der Waals surface area contributed by atoms with Gasteiger partial charge < -0.3 is 4.84 Å². The molecule has 0 fully saturated rings. The Morgan fingerprint density at radius 3 is 2.52 bits per heavy atom. The van der Waals surface area contributed by atoms with Crippen LogP contribution in [0, 0.1) is 6.92 Å². The van der Waals surface area contributed by atoms with E-state index in [1.165, 1.54) is 6.20 Å². The van der Waals surface area contributed by atoms with Crippen LogP contribution in [0.25, 0.3) is 0 Å². The van der Waals surface area contributed by atoms with Crippen LogP contribution < -0.4 is 5.48 Å². The number of anilines is 1. The molecule has 3 rings (SSSR count). The minimum atomic E-state index is -0.523. The van der Waals surface area contributed by atoms with Crippen molar-refractivity contribution in [3.8, 4) is 0 Å². The van der Waals surface area contributed by atoms with Crippen LogP contribution in [0.1, 0.15) is 26.4 Å². The molecular formula is C20H16N4O3.